The number of rotatable bonds is 3. The number of anilines is 1. The lowest BCUT2D eigenvalue weighted by molar-refractivity contribution is -0.142. The van der Waals surface area contributed by atoms with Crippen LogP contribution in [-0.4, -0.2) is 40.2 Å². The third-order valence-electron chi connectivity index (χ3n) is 5.06. The van der Waals surface area contributed by atoms with Crippen molar-refractivity contribution in [1.82, 2.24) is 14.5 Å². The number of methoxy groups -OCH3 is 1. The maximum Gasteiger partial charge on any atom is 0.328 e. The monoisotopic (exact) mass is 404 g/mol. The van der Waals surface area contributed by atoms with E-state index in [9.17, 15) is 4.79 Å². The second-order valence-corrected chi connectivity index (χ2v) is 7.44. The molecule has 2 unspecified atom stereocenters. The van der Waals surface area contributed by atoms with E-state index in [0.29, 0.717) is 27.9 Å². The molecule has 2 aromatic heterocycles. The Hall–Kier alpha value is -2.31. The van der Waals surface area contributed by atoms with E-state index in [0.717, 1.165) is 17.5 Å². The molecule has 0 radical (unpaired) electrons. The highest BCUT2D eigenvalue weighted by molar-refractivity contribution is 6.45. The Balaban J connectivity index is 1.94. The summed E-state index contributed by atoms with van der Waals surface area (Å²) in [6.07, 6.45) is 6.15. The van der Waals surface area contributed by atoms with Gasteiger partial charge in [-0.15, -0.1) is 0 Å². The number of hydrogen-bond acceptors (Lipinski definition) is 5. The molecule has 0 bridgehead atoms. The summed E-state index contributed by atoms with van der Waals surface area (Å²) in [6.45, 7) is 2.75. The number of carbonyl (C=O) groups is 1. The average molecular weight is 405 g/mol. The van der Waals surface area contributed by atoms with Gasteiger partial charge < -0.3 is 14.2 Å². The summed E-state index contributed by atoms with van der Waals surface area (Å²) in [7, 11) is 1.41. The van der Waals surface area contributed by atoms with Crippen molar-refractivity contribution in [3.05, 3.63) is 47.0 Å². The number of aromatic nitrogens is 3. The molecule has 1 saturated heterocycles. The number of ether oxygens (including phenoxy) is 1. The van der Waals surface area contributed by atoms with Crippen molar-refractivity contribution in [2.24, 2.45) is 5.92 Å². The normalized spacial score (nSPS) is 19.6. The van der Waals surface area contributed by atoms with E-state index in [2.05, 4.69) is 4.98 Å². The summed E-state index contributed by atoms with van der Waals surface area (Å²) < 4.78 is 6.91. The molecule has 0 saturated carbocycles. The lowest BCUT2D eigenvalue weighted by atomic mass is 10.0. The van der Waals surface area contributed by atoms with Crippen LogP contribution in [0.25, 0.3) is 16.6 Å². The minimum absolute atomic E-state index is 0.168. The third kappa shape index (κ3) is 3.03. The number of imidazole rings is 1. The molecule has 1 aromatic carbocycles. The summed E-state index contributed by atoms with van der Waals surface area (Å²) in [6, 6.07) is 5.21. The Kier molecular flexibility index (Phi) is 4.70. The molecule has 3 aromatic rings. The van der Waals surface area contributed by atoms with Gasteiger partial charge in [0.2, 0.25) is 0 Å². The molecule has 27 heavy (non-hydrogen) atoms. The number of esters is 1. The highest BCUT2D eigenvalue weighted by Crippen LogP contribution is 2.37. The fourth-order valence-electron chi connectivity index (χ4n) is 3.65. The van der Waals surface area contributed by atoms with Crippen LogP contribution in [-0.2, 0) is 9.53 Å². The fourth-order valence-corrected chi connectivity index (χ4v) is 4.01. The second-order valence-electron chi connectivity index (χ2n) is 6.65. The van der Waals surface area contributed by atoms with E-state index in [1.165, 1.54) is 7.11 Å². The largest absolute Gasteiger partial charge is 0.467 e. The van der Waals surface area contributed by atoms with Crippen LogP contribution in [0, 0.1) is 5.92 Å². The molecule has 8 heteroatoms. The van der Waals surface area contributed by atoms with Crippen molar-refractivity contribution in [3.8, 4) is 5.69 Å². The number of hydrogen-bond donors (Lipinski definition) is 0. The van der Waals surface area contributed by atoms with Gasteiger partial charge in [-0.25, -0.2) is 14.8 Å². The number of pyridine rings is 1. The molecule has 1 aliphatic rings. The Morgan fingerprint density at radius 2 is 2.15 bits per heavy atom. The SMILES string of the molecule is COC(=O)C1C(C)CCN1c1cc(-n2ccnc2)c2ccc(Cl)c(Cl)c2n1. The second kappa shape index (κ2) is 7.02. The molecule has 6 nitrogen and oxygen atoms in total. The van der Waals surface area contributed by atoms with Crippen molar-refractivity contribution >= 4 is 45.9 Å². The lowest BCUT2D eigenvalue weighted by Gasteiger charge is -2.26. The molecule has 4 rings (SSSR count). The topological polar surface area (TPSA) is 60.2 Å². The van der Waals surface area contributed by atoms with Crippen LogP contribution >= 0.6 is 23.2 Å². The zero-order valence-corrected chi connectivity index (χ0v) is 16.4. The molecule has 0 spiro atoms. The van der Waals surface area contributed by atoms with Gasteiger partial charge in [-0.3, -0.25) is 0 Å². The molecule has 1 fully saturated rings. The van der Waals surface area contributed by atoms with E-state index >= 15 is 0 Å². The van der Waals surface area contributed by atoms with Gasteiger partial charge >= 0.3 is 5.97 Å². The first-order valence-electron chi connectivity index (χ1n) is 8.63. The average Bonchev–Trinajstić information content (AvgIpc) is 3.33. The predicted molar refractivity (Wildman–Crippen MR) is 106 cm³/mol. The van der Waals surface area contributed by atoms with Crippen LogP contribution in [0.3, 0.4) is 0 Å². The Bertz CT molecular complexity index is 1010. The number of carbonyl (C=O) groups excluding carboxylic acids is 1. The summed E-state index contributed by atoms with van der Waals surface area (Å²) in [4.78, 5) is 23.2. The molecule has 3 heterocycles. The zero-order valence-electron chi connectivity index (χ0n) is 14.9. The van der Waals surface area contributed by atoms with Gasteiger partial charge in [0.25, 0.3) is 0 Å². The van der Waals surface area contributed by atoms with Crippen LogP contribution in [0.1, 0.15) is 13.3 Å². The number of halogens is 2. The van der Waals surface area contributed by atoms with Gasteiger partial charge in [-0.2, -0.15) is 0 Å². The Labute approximate surface area is 166 Å². The zero-order chi connectivity index (χ0) is 19.1. The first-order chi connectivity index (χ1) is 13.0. The summed E-state index contributed by atoms with van der Waals surface area (Å²) in [5.41, 5.74) is 1.46. The molecule has 140 valence electrons. The lowest BCUT2D eigenvalue weighted by Crippen LogP contribution is -2.40. The quantitative estimate of drug-likeness (QED) is 0.614. The summed E-state index contributed by atoms with van der Waals surface area (Å²) in [5.74, 6) is 0.569. The van der Waals surface area contributed by atoms with Gasteiger partial charge in [-0.1, -0.05) is 30.1 Å². The van der Waals surface area contributed by atoms with Crippen molar-refractivity contribution in [2.45, 2.75) is 19.4 Å². The molecule has 0 N–H and O–H groups in total. The highest BCUT2D eigenvalue weighted by Gasteiger charge is 2.38. The fraction of sp³-hybridized carbons (Fsp3) is 0.316. The van der Waals surface area contributed by atoms with Gasteiger partial charge in [0.05, 0.1) is 34.7 Å². The van der Waals surface area contributed by atoms with E-state index < -0.39 is 0 Å². The first kappa shape index (κ1) is 18.1. The number of fused-ring (bicyclic) bond motifs is 1. The molecule has 2 atom stereocenters. The number of nitrogens with zero attached hydrogens (tertiary/aromatic N) is 4. The van der Waals surface area contributed by atoms with E-state index in [1.807, 2.05) is 34.7 Å². The molecule has 0 amide bonds. The van der Waals surface area contributed by atoms with Crippen LogP contribution in [0.4, 0.5) is 5.82 Å². The van der Waals surface area contributed by atoms with Crippen LogP contribution < -0.4 is 4.90 Å². The van der Waals surface area contributed by atoms with Gasteiger partial charge in [0.15, 0.2) is 0 Å². The Morgan fingerprint density at radius 1 is 1.33 bits per heavy atom. The summed E-state index contributed by atoms with van der Waals surface area (Å²) in [5, 5.41) is 1.68. The standard InChI is InChI=1S/C19H18Cl2N4O2/c1-11-5-7-25(18(11)19(26)27-2)15-9-14(24-8-6-22-10-24)12-3-4-13(20)16(21)17(12)23-15/h3-4,6,8-11,18H,5,7H2,1-2H3. The van der Waals surface area contributed by atoms with E-state index in [1.54, 1.807) is 18.6 Å². The molecular formula is C19H18Cl2N4O2. The van der Waals surface area contributed by atoms with Gasteiger partial charge in [0.1, 0.15) is 11.9 Å². The first-order valence-corrected chi connectivity index (χ1v) is 9.38. The van der Waals surface area contributed by atoms with Crippen LogP contribution in [0.5, 0.6) is 0 Å². The molecule has 0 aliphatic carbocycles. The maximum atomic E-state index is 12.4. The minimum Gasteiger partial charge on any atom is -0.467 e. The van der Waals surface area contributed by atoms with Gasteiger partial charge in [0, 0.05) is 30.4 Å². The van der Waals surface area contributed by atoms with Crippen LogP contribution in [0.15, 0.2) is 36.9 Å². The molecule has 1 aliphatic heterocycles. The van der Waals surface area contributed by atoms with Crippen molar-refractivity contribution in [1.29, 1.82) is 0 Å². The van der Waals surface area contributed by atoms with Crippen molar-refractivity contribution in [2.75, 3.05) is 18.6 Å². The van der Waals surface area contributed by atoms with Crippen molar-refractivity contribution < 1.29 is 9.53 Å². The van der Waals surface area contributed by atoms with Crippen molar-refractivity contribution in [3.63, 3.8) is 0 Å². The van der Waals surface area contributed by atoms with Crippen LogP contribution in [0.2, 0.25) is 10.0 Å². The summed E-state index contributed by atoms with van der Waals surface area (Å²) >= 11 is 12.7. The minimum atomic E-state index is -0.381. The highest BCUT2D eigenvalue weighted by atomic mass is 35.5. The Morgan fingerprint density at radius 3 is 2.85 bits per heavy atom. The molecular weight excluding hydrogens is 387 g/mol. The predicted octanol–water partition coefficient (Wildman–Crippen LogP) is 4.12. The van der Waals surface area contributed by atoms with Gasteiger partial charge in [-0.05, 0) is 24.5 Å². The van der Waals surface area contributed by atoms with E-state index in [4.69, 9.17) is 32.9 Å². The smallest absolute Gasteiger partial charge is 0.328 e. The number of benzene rings is 1. The van der Waals surface area contributed by atoms with E-state index in [-0.39, 0.29) is 17.9 Å². The maximum absolute atomic E-state index is 12.4. The third-order valence-corrected chi connectivity index (χ3v) is 5.85.